The fraction of sp³-hybridized carbons (Fsp3) is 0.474. The number of benzene rings is 1. The summed E-state index contributed by atoms with van der Waals surface area (Å²) in [4.78, 5) is 13.7. The number of nitrogens with zero attached hydrogens (tertiary/aromatic N) is 2. The zero-order valence-corrected chi connectivity index (χ0v) is 14.1. The van der Waals surface area contributed by atoms with Crippen LogP contribution in [-0.4, -0.2) is 34.6 Å². The van der Waals surface area contributed by atoms with E-state index in [-0.39, 0.29) is 5.82 Å². The fourth-order valence-electron chi connectivity index (χ4n) is 2.88. The van der Waals surface area contributed by atoms with Gasteiger partial charge in [0.05, 0.1) is 5.69 Å². The molecule has 0 radical (unpaired) electrons. The summed E-state index contributed by atoms with van der Waals surface area (Å²) in [5.41, 5.74) is 2.63. The Balaban J connectivity index is 1.39. The van der Waals surface area contributed by atoms with Gasteiger partial charge in [-0.05, 0) is 50.3 Å². The van der Waals surface area contributed by atoms with Gasteiger partial charge in [-0.25, -0.2) is 4.39 Å². The molecule has 0 aliphatic heterocycles. The van der Waals surface area contributed by atoms with Crippen molar-refractivity contribution in [3.63, 3.8) is 0 Å². The monoisotopic (exact) mass is 329 g/mol. The van der Waals surface area contributed by atoms with Gasteiger partial charge in [0.15, 0.2) is 0 Å². The molecule has 2 aromatic rings. The van der Waals surface area contributed by atoms with Gasteiger partial charge >= 0.3 is 0 Å². The van der Waals surface area contributed by atoms with Crippen molar-refractivity contribution in [2.24, 2.45) is 5.92 Å². The number of aromatic amines is 1. The second-order valence-electron chi connectivity index (χ2n) is 6.63. The Bertz CT molecular complexity index is 693. The van der Waals surface area contributed by atoms with Crippen molar-refractivity contribution in [3.8, 4) is 11.3 Å². The van der Waals surface area contributed by atoms with E-state index in [0.29, 0.717) is 11.8 Å². The number of aromatic nitrogens is 2. The summed E-state index contributed by atoms with van der Waals surface area (Å²) in [5, 5.41) is 7.29. The molecule has 1 saturated carbocycles. The number of carbonyl (C=O) groups excluding carboxylic acids is 1. The van der Waals surface area contributed by atoms with E-state index in [0.717, 1.165) is 62.0 Å². The first-order valence-corrected chi connectivity index (χ1v) is 8.68. The molecule has 1 aromatic heterocycles. The molecule has 0 atom stereocenters. The second-order valence-corrected chi connectivity index (χ2v) is 6.63. The Morgan fingerprint density at radius 3 is 2.88 bits per heavy atom. The first kappa shape index (κ1) is 16.7. The number of rotatable bonds is 8. The van der Waals surface area contributed by atoms with E-state index in [4.69, 9.17) is 0 Å². The summed E-state index contributed by atoms with van der Waals surface area (Å²) in [5.74, 6) is 0.367. The smallest absolute Gasteiger partial charge is 0.225 e. The van der Waals surface area contributed by atoms with Crippen LogP contribution in [0.25, 0.3) is 11.3 Å². The zero-order valence-electron chi connectivity index (χ0n) is 14.1. The second kappa shape index (κ2) is 7.60. The molecular weight excluding hydrogens is 305 g/mol. The molecule has 0 spiro atoms. The fourth-order valence-corrected chi connectivity index (χ4v) is 2.88. The summed E-state index contributed by atoms with van der Waals surface area (Å²) >= 11 is 0. The minimum Gasteiger partial charge on any atom is -0.346 e. The molecule has 1 aliphatic carbocycles. The number of nitrogens with one attached hydrogen (secondary N) is 1. The highest BCUT2D eigenvalue weighted by molar-refractivity contribution is 5.80. The first-order chi connectivity index (χ1) is 11.6. The van der Waals surface area contributed by atoms with Gasteiger partial charge in [0, 0.05) is 30.8 Å². The van der Waals surface area contributed by atoms with E-state index >= 15 is 0 Å². The van der Waals surface area contributed by atoms with Crippen LogP contribution >= 0.6 is 0 Å². The van der Waals surface area contributed by atoms with Crippen molar-refractivity contribution in [1.29, 1.82) is 0 Å². The van der Waals surface area contributed by atoms with Crippen LogP contribution in [0.1, 0.15) is 37.8 Å². The van der Waals surface area contributed by atoms with Crippen molar-refractivity contribution in [1.82, 2.24) is 15.1 Å². The van der Waals surface area contributed by atoms with Crippen molar-refractivity contribution >= 4 is 5.91 Å². The quantitative estimate of drug-likeness (QED) is 0.749. The number of aryl methyl sites for hydroxylation is 1. The molecule has 1 heterocycles. The molecule has 0 unspecified atom stereocenters. The van der Waals surface area contributed by atoms with Gasteiger partial charge in [0.2, 0.25) is 5.91 Å². The summed E-state index contributed by atoms with van der Waals surface area (Å²) in [7, 11) is 1.90. The zero-order chi connectivity index (χ0) is 16.9. The highest BCUT2D eigenvalue weighted by atomic mass is 19.1. The van der Waals surface area contributed by atoms with E-state index in [1.807, 2.05) is 24.1 Å². The minimum atomic E-state index is -0.248. The molecular formula is C19H24FN3O. The van der Waals surface area contributed by atoms with Gasteiger partial charge in [-0.3, -0.25) is 9.89 Å². The molecule has 24 heavy (non-hydrogen) atoms. The van der Waals surface area contributed by atoms with Crippen LogP contribution in [0.15, 0.2) is 30.3 Å². The number of carbonyl (C=O) groups is 1. The summed E-state index contributed by atoms with van der Waals surface area (Å²) in [6, 6.07) is 8.46. The molecule has 1 N–H and O–H groups in total. The van der Waals surface area contributed by atoms with Crippen LogP contribution in [0.5, 0.6) is 0 Å². The third kappa shape index (κ3) is 4.43. The molecule has 1 aliphatic rings. The van der Waals surface area contributed by atoms with Crippen molar-refractivity contribution in [2.45, 2.75) is 38.5 Å². The molecule has 1 fully saturated rings. The lowest BCUT2D eigenvalue weighted by atomic mass is 10.1. The average molecular weight is 329 g/mol. The molecule has 0 bridgehead atoms. The van der Waals surface area contributed by atoms with Gasteiger partial charge in [0.25, 0.3) is 0 Å². The maximum absolute atomic E-state index is 13.3. The lowest BCUT2D eigenvalue weighted by molar-refractivity contribution is -0.131. The van der Waals surface area contributed by atoms with Crippen LogP contribution in [0.4, 0.5) is 4.39 Å². The molecule has 128 valence electrons. The van der Waals surface area contributed by atoms with Crippen molar-refractivity contribution in [2.75, 3.05) is 13.6 Å². The van der Waals surface area contributed by atoms with Gasteiger partial charge in [0.1, 0.15) is 5.82 Å². The maximum atomic E-state index is 13.3. The standard InChI is InChI=1S/C19H24FN3O/c1-23(19(24)14-9-10-14)11-4-2-3-8-17-13-18(22-21-17)15-6-5-7-16(20)12-15/h5-7,12-14H,2-4,8-11H2,1H3,(H,21,22). The Kier molecular flexibility index (Phi) is 5.28. The van der Waals surface area contributed by atoms with E-state index < -0.39 is 0 Å². The number of hydrogen-bond acceptors (Lipinski definition) is 2. The van der Waals surface area contributed by atoms with E-state index in [2.05, 4.69) is 10.2 Å². The topological polar surface area (TPSA) is 49.0 Å². The Labute approximate surface area is 142 Å². The largest absolute Gasteiger partial charge is 0.346 e. The molecule has 1 aromatic carbocycles. The minimum absolute atomic E-state index is 0.248. The number of unbranched alkanes of at least 4 members (excludes halogenated alkanes) is 2. The Morgan fingerprint density at radius 2 is 2.12 bits per heavy atom. The summed E-state index contributed by atoms with van der Waals surface area (Å²) in [6.45, 7) is 0.840. The Hall–Kier alpha value is -2.17. The SMILES string of the molecule is CN(CCCCCc1cc(-c2cccc(F)c2)n[nH]1)C(=O)C1CC1. The number of amides is 1. The lowest BCUT2D eigenvalue weighted by Gasteiger charge is -2.16. The predicted octanol–water partition coefficient (Wildman–Crippen LogP) is 3.80. The molecule has 1 amide bonds. The van der Waals surface area contributed by atoms with Gasteiger partial charge < -0.3 is 4.90 Å². The maximum Gasteiger partial charge on any atom is 0.225 e. The van der Waals surface area contributed by atoms with Gasteiger partial charge in [-0.1, -0.05) is 18.6 Å². The van der Waals surface area contributed by atoms with Gasteiger partial charge in [-0.2, -0.15) is 5.10 Å². The first-order valence-electron chi connectivity index (χ1n) is 8.68. The van der Waals surface area contributed by atoms with Crippen LogP contribution in [0, 0.1) is 11.7 Å². The number of hydrogen-bond donors (Lipinski definition) is 1. The molecule has 0 saturated heterocycles. The molecule has 3 rings (SSSR count). The normalized spacial score (nSPS) is 13.9. The number of halogens is 1. The highest BCUT2D eigenvalue weighted by Gasteiger charge is 2.31. The third-order valence-corrected chi connectivity index (χ3v) is 4.49. The number of H-pyrrole nitrogens is 1. The van der Waals surface area contributed by atoms with Crippen LogP contribution in [0.3, 0.4) is 0 Å². The van der Waals surface area contributed by atoms with Crippen LogP contribution in [0.2, 0.25) is 0 Å². The van der Waals surface area contributed by atoms with E-state index in [9.17, 15) is 9.18 Å². The predicted molar refractivity (Wildman–Crippen MR) is 91.9 cm³/mol. The van der Waals surface area contributed by atoms with Crippen molar-refractivity contribution in [3.05, 3.63) is 41.8 Å². The van der Waals surface area contributed by atoms with E-state index in [1.54, 1.807) is 6.07 Å². The van der Waals surface area contributed by atoms with Gasteiger partial charge in [-0.15, -0.1) is 0 Å². The highest BCUT2D eigenvalue weighted by Crippen LogP contribution is 2.30. The average Bonchev–Trinajstić information content (AvgIpc) is 3.32. The van der Waals surface area contributed by atoms with Crippen LogP contribution < -0.4 is 0 Å². The summed E-state index contributed by atoms with van der Waals surface area (Å²) in [6.07, 6.45) is 6.21. The Morgan fingerprint density at radius 1 is 1.29 bits per heavy atom. The summed E-state index contributed by atoms with van der Waals surface area (Å²) < 4.78 is 13.3. The van der Waals surface area contributed by atoms with Crippen LogP contribution in [-0.2, 0) is 11.2 Å². The van der Waals surface area contributed by atoms with Crippen molar-refractivity contribution < 1.29 is 9.18 Å². The van der Waals surface area contributed by atoms with E-state index in [1.165, 1.54) is 12.1 Å². The lowest BCUT2D eigenvalue weighted by Crippen LogP contribution is -2.28. The molecule has 5 heteroatoms. The third-order valence-electron chi connectivity index (χ3n) is 4.49. The molecule has 4 nitrogen and oxygen atoms in total.